The van der Waals surface area contributed by atoms with Crippen LogP contribution in [0.15, 0.2) is 29.2 Å². The quantitative estimate of drug-likeness (QED) is 0.176. The molecule has 0 aliphatic heterocycles. The second-order valence-corrected chi connectivity index (χ2v) is 13.3. The number of hydrogen-bond donors (Lipinski definition) is 2. The van der Waals surface area contributed by atoms with E-state index in [0.717, 1.165) is 37.7 Å². The van der Waals surface area contributed by atoms with Crippen LogP contribution >= 0.6 is 0 Å². The fourth-order valence-corrected chi connectivity index (χ4v) is 5.88. The van der Waals surface area contributed by atoms with E-state index in [9.17, 15) is 23.1 Å². The predicted octanol–water partition coefficient (Wildman–Crippen LogP) is 6.66. The number of unbranched alkanes of at least 4 members (excludes halogenated alkanes) is 8. The van der Waals surface area contributed by atoms with Crippen molar-refractivity contribution < 1.29 is 23.1 Å². The number of carbonyl (C=O) groups is 2. The Labute approximate surface area is 231 Å². The van der Waals surface area contributed by atoms with E-state index in [0.29, 0.717) is 32.4 Å². The molecule has 0 saturated heterocycles. The Morgan fingerprint density at radius 3 is 1.95 bits per heavy atom. The van der Waals surface area contributed by atoms with E-state index in [1.165, 1.54) is 30.0 Å². The Balaban J connectivity index is 2.61. The van der Waals surface area contributed by atoms with E-state index in [1.54, 1.807) is 12.1 Å². The first kappa shape index (κ1) is 34.1. The van der Waals surface area contributed by atoms with Crippen molar-refractivity contribution in [3.63, 3.8) is 0 Å². The molecular formula is C30H52N2O5S. The summed E-state index contributed by atoms with van der Waals surface area (Å²) in [5.41, 5.74) is 1.01. The first-order valence-electron chi connectivity index (χ1n) is 14.6. The third-order valence-corrected chi connectivity index (χ3v) is 8.82. The van der Waals surface area contributed by atoms with Gasteiger partial charge in [0.05, 0.1) is 4.90 Å². The van der Waals surface area contributed by atoms with Gasteiger partial charge in [0.25, 0.3) is 0 Å². The predicted molar refractivity (Wildman–Crippen MR) is 155 cm³/mol. The molecule has 2 N–H and O–H groups in total. The summed E-state index contributed by atoms with van der Waals surface area (Å²) in [6.45, 7) is 11.2. The summed E-state index contributed by atoms with van der Waals surface area (Å²) in [6.07, 6.45) is 11.0. The molecule has 0 bridgehead atoms. The van der Waals surface area contributed by atoms with Crippen LogP contribution in [0.5, 0.6) is 0 Å². The zero-order valence-corrected chi connectivity index (χ0v) is 25.2. The van der Waals surface area contributed by atoms with E-state index in [1.807, 2.05) is 19.1 Å². The molecule has 8 heteroatoms. The van der Waals surface area contributed by atoms with Gasteiger partial charge in [-0.1, -0.05) is 91.7 Å². The monoisotopic (exact) mass is 552 g/mol. The molecule has 0 aromatic heterocycles. The summed E-state index contributed by atoms with van der Waals surface area (Å²) in [5.74, 6) is -1.27. The molecular weight excluding hydrogens is 500 g/mol. The van der Waals surface area contributed by atoms with E-state index in [-0.39, 0.29) is 22.6 Å². The Hall–Kier alpha value is -1.93. The van der Waals surface area contributed by atoms with Crippen LogP contribution in [0.3, 0.4) is 0 Å². The van der Waals surface area contributed by atoms with Crippen molar-refractivity contribution in [2.75, 3.05) is 13.1 Å². The first-order chi connectivity index (χ1) is 17.9. The number of nitrogens with one attached hydrogen (secondary N) is 1. The number of rotatable bonds is 20. The molecule has 1 rings (SSSR count). The Bertz CT molecular complexity index is 923. The number of hydrogen-bond acceptors (Lipinski definition) is 4. The molecule has 7 nitrogen and oxygen atoms in total. The van der Waals surface area contributed by atoms with Crippen molar-refractivity contribution in [2.24, 2.45) is 0 Å². The van der Waals surface area contributed by atoms with Gasteiger partial charge in [0.2, 0.25) is 15.9 Å². The van der Waals surface area contributed by atoms with Gasteiger partial charge in [-0.05, 0) is 55.2 Å². The lowest BCUT2D eigenvalue weighted by Crippen LogP contribution is -2.40. The van der Waals surface area contributed by atoms with Gasteiger partial charge in [-0.2, -0.15) is 4.31 Å². The molecule has 0 spiro atoms. The van der Waals surface area contributed by atoms with Crippen molar-refractivity contribution in [3.05, 3.63) is 29.8 Å². The molecule has 1 aromatic carbocycles. The summed E-state index contributed by atoms with van der Waals surface area (Å²) in [6, 6.07) is 6.15. The molecule has 1 atom stereocenters. The number of sulfonamides is 1. The normalized spacial score (nSPS) is 13.0. The zero-order valence-electron chi connectivity index (χ0n) is 24.4. The molecule has 0 aliphatic carbocycles. The summed E-state index contributed by atoms with van der Waals surface area (Å²) in [7, 11) is -3.64. The molecule has 0 heterocycles. The Morgan fingerprint density at radius 1 is 0.842 bits per heavy atom. The maximum Gasteiger partial charge on any atom is 0.326 e. The van der Waals surface area contributed by atoms with Crippen LogP contribution in [0, 0.1) is 0 Å². The maximum absolute atomic E-state index is 13.4. The van der Waals surface area contributed by atoms with Gasteiger partial charge in [0, 0.05) is 19.5 Å². The first-order valence-corrected chi connectivity index (χ1v) is 16.0. The van der Waals surface area contributed by atoms with Gasteiger partial charge in [0.1, 0.15) is 6.04 Å². The number of carboxylic acids is 1. The fraction of sp³-hybridized carbons (Fsp3) is 0.733. The maximum atomic E-state index is 13.4. The van der Waals surface area contributed by atoms with Crippen LogP contribution in [0.4, 0.5) is 0 Å². The lowest BCUT2D eigenvalue weighted by molar-refractivity contribution is -0.142. The van der Waals surface area contributed by atoms with Crippen LogP contribution < -0.4 is 5.32 Å². The standard InChI is InChI=1S/C30H52N2O5S/c1-6-8-10-11-12-13-14-18-28(33)31-27(29(34)35)17-15-16-24-32(23-9-7-2)38(36,37)26-21-19-25(20-22-26)30(3,4)5/h19-22,27H,6-18,23-24H2,1-5H3,(H,31,33)(H,34,35). The summed E-state index contributed by atoms with van der Waals surface area (Å²) < 4.78 is 28.2. The van der Waals surface area contributed by atoms with Gasteiger partial charge >= 0.3 is 5.97 Å². The van der Waals surface area contributed by atoms with Crippen LogP contribution in [0.1, 0.15) is 124 Å². The van der Waals surface area contributed by atoms with Crippen LogP contribution in [0.25, 0.3) is 0 Å². The van der Waals surface area contributed by atoms with Crippen molar-refractivity contribution in [1.29, 1.82) is 0 Å². The number of carbonyl (C=O) groups excluding carboxylic acids is 1. The van der Waals surface area contributed by atoms with Gasteiger partial charge < -0.3 is 10.4 Å². The summed E-state index contributed by atoms with van der Waals surface area (Å²) in [5, 5.41) is 12.2. The second-order valence-electron chi connectivity index (χ2n) is 11.4. The number of nitrogens with zero attached hydrogens (tertiary/aromatic N) is 1. The Morgan fingerprint density at radius 2 is 1.39 bits per heavy atom. The lowest BCUT2D eigenvalue weighted by Gasteiger charge is -2.24. The van der Waals surface area contributed by atoms with E-state index >= 15 is 0 Å². The van der Waals surface area contributed by atoms with Crippen molar-refractivity contribution in [2.45, 2.75) is 134 Å². The average molecular weight is 553 g/mol. The second kappa shape index (κ2) is 17.6. The fourth-order valence-electron chi connectivity index (χ4n) is 4.37. The SMILES string of the molecule is CCCCCCCCCC(=O)NC(CCCCN(CCCC)S(=O)(=O)c1ccc(C(C)(C)C)cc1)C(=O)O. The van der Waals surface area contributed by atoms with E-state index < -0.39 is 22.0 Å². The third kappa shape index (κ3) is 12.7. The van der Waals surface area contributed by atoms with Crippen LogP contribution in [-0.2, 0) is 25.0 Å². The minimum absolute atomic E-state index is 0.0610. The highest BCUT2D eigenvalue weighted by molar-refractivity contribution is 7.89. The molecule has 1 unspecified atom stereocenters. The van der Waals surface area contributed by atoms with E-state index in [2.05, 4.69) is 33.0 Å². The van der Waals surface area contributed by atoms with Gasteiger partial charge in [-0.25, -0.2) is 13.2 Å². The number of carboxylic acid groups (broad SMARTS) is 1. The van der Waals surface area contributed by atoms with Crippen molar-refractivity contribution in [1.82, 2.24) is 9.62 Å². The topological polar surface area (TPSA) is 104 Å². The Kier molecular flexibility index (Phi) is 15.8. The molecule has 0 aliphatic rings. The molecule has 38 heavy (non-hydrogen) atoms. The molecule has 0 saturated carbocycles. The zero-order chi connectivity index (χ0) is 28.6. The number of amides is 1. The number of benzene rings is 1. The highest BCUT2D eigenvalue weighted by atomic mass is 32.2. The van der Waals surface area contributed by atoms with Crippen LogP contribution in [0.2, 0.25) is 0 Å². The molecule has 0 radical (unpaired) electrons. The number of aliphatic carboxylic acids is 1. The van der Waals surface area contributed by atoms with Gasteiger partial charge in [-0.15, -0.1) is 0 Å². The van der Waals surface area contributed by atoms with E-state index in [4.69, 9.17) is 0 Å². The third-order valence-electron chi connectivity index (χ3n) is 6.91. The largest absolute Gasteiger partial charge is 0.480 e. The van der Waals surface area contributed by atoms with Crippen molar-refractivity contribution in [3.8, 4) is 0 Å². The molecule has 1 aromatic rings. The molecule has 1 amide bonds. The smallest absolute Gasteiger partial charge is 0.326 e. The molecule has 0 fully saturated rings. The summed E-state index contributed by atoms with van der Waals surface area (Å²) >= 11 is 0. The van der Waals surface area contributed by atoms with Crippen LogP contribution in [-0.4, -0.2) is 48.8 Å². The minimum atomic E-state index is -3.64. The minimum Gasteiger partial charge on any atom is -0.480 e. The highest BCUT2D eigenvalue weighted by Crippen LogP contribution is 2.25. The van der Waals surface area contributed by atoms with Gasteiger partial charge in [-0.3, -0.25) is 4.79 Å². The average Bonchev–Trinajstić information content (AvgIpc) is 2.86. The molecule has 218 valence electrons. The van der Waals surface area contributed by atoms with Gasteiger partial charge in [0.15, 0.2) is 0 Å². The lowest BCUT2D eigenvalue weighted by atomic mass is 9.87. The van der Waals surface area contributed by atoms with Crippen molar-refractivity contribution >= 4 is 21.9 Å². The highest BCUT2D eigenvalue weighted by Gasteiger charge is 2.25. The summed E-state index contributed by atoms with van der Waals surface area (Å²) in [4.78, 5) is 24.2.